The van der Waals surface area contributed by atoms with E-state index in [1.807, 2.05) is 12.1 Å². The zero-order chi connectivity index (χ0) is 12.1. The van der Waals surface area contributed by atoms with Crippen LogP contribution in [0.15, 0.2) is 42.5 Å². The van der Waals surface area contributed by atoms with E-state index in [0.717, 1.165) is 12.8 Å². The molecule has 0 bridgehead atoms. The van der Waals surface area contributed by atoms with Crippen LogP contribution in [0.3, 0.4) is 0 Å². The first-order valence-corrected chi connectivity index (χ1v) is 5.70. The van der Waals surface area contributed by atoms with Gasteiger partial charge in [0.05, 0.1) is 0 Å². The van der Waals surface area contributed by atoms with Crippen molar-refractivity contribution in [2.45, 2.75) is 19.3 Å². The largest absolute Gasteiger partial charge is 0.289 e. The van der Waals surface area contributed by atoms with E-state index in [9.17, 15) is 4.79 Å². The predicted octanol–water partition coefficient (Wildman–Crippen LogP) is 2.67. The molecule has 2 N–H and O–H groups in total. The van der Waals surface area contributed by atoms with Gasteiger partial charge >= 0.3 is 0 Å². The highest BCUT2D eigenvalue weighted by molar-refractivity contribution is 5.83. The van der Waals surface area contributed by atoms with Gasteiger partial charge in [0.1, 0.15) is 0 Å². The molecule has 0 aliphatic carbocycles. The van der Waals surface area contributed by atoms with Crippen molar-refractivity contribution in [2.24, 2.45) is 0 Å². The van der Waals surface area contributed by atoms with E-state index in [-0.39, 0.29) is 5.91 Å². The zero-order valence-corrected chi connectivity index (χ0v) is 9.52. The summed E-state index contributed by atoms with van der Waals surface area (Å²) >= 11 is 0. The molecule has 17 heavy (non-hydrogen) atoms. The third kappa shape index (κ3) is 3.04. The Morgan fingerprint density at radius 3 is 2.65 bits per heavy atom. The number of carbonyl (C=O) groups excluding carboxylic acids is 1. The molecule has 2 rings (SSSR count). The Morgan fingerprint density at radius 1 is 1.12 bits per heavy atom. The first kappa shape index (κ1) is 11.6. The number of carbonyl (C=O) groups is 1. The number of benzene rings is 2. The van der Waals surface area contributed by atoms with Gasteiger partial charge in [0, 0.05) is 6.42 Å². The highest BCUT2D eigenvalue weighted by Crippen LogP contribution is 2.16. The lowest BCUT2D eigenvalue weighted by atomic mass is 10.0. The molecule has 1 amide bonds. The summed E-state index contributed by atoms with van der Waals surface area (Å²) in [7, 11) is 0. The minimum atomic E-state index is -0.328. The molecule has 3 nitrogen and oxygen atoms in total. The predicted molar refractivity (Wildman–Crippen MR) is 66.8 cm³/mol. The van der Waals surface area contributed by atoms with Crippen molar-refractivity contribution in [1.82, 2.24) is 5.48 Å². The molecule has 0 aromatic heterocycles. The second-order valence-electron chi connectivity index (χ2n) is 4.07. The van der Waals surface area contributed by atoms with Crippen molar-refractivity contribution < 1.29 is 10.0 Å². The van der Waals surface area contributed by atoms with E-state index in [0.29, 0.717) is 6.42 Å². The fourth-order valence-electron chi connectivity index (χ4n) is 1.90. The molecule has 0 heterocycles. The first-order chi connectivity index (χ1) is 8.29. The van der Waals surface area contributed by atoms with E-state index < -0.39 is 0 Å². The van der Waals surface area contributed by atoms with Gasteiger partial charge in [0.2, 0.25) is 5.91 Å². The topological polar surface area (TPSA) is 49.3 Å². The van der Waals surface area contributed by atoms with Crippen molar-refractivity contribution in [3.8, 4) is 0 Å². The quantitative estimate of drug-likeness (QED) is 0.625. The lowest BCUT2D eigenvalue weighted by Crippen LogP contribution is -2.18. The van der Waals surface area contributed by atoms with Crippen LogP contribution in [0.1, 0.15) is 18.4 Å². The summed E-state index contributed by atoms with van der Waals surface area (Å²) < 4.78 is 0. The lowest BCUT2D eigenvalue weighted by molar-refractivity contribution is -0.129. The molecule has 3 heteroatoms. The van der Waals surface area contributed by atoms with Crippen LogP contribution in [-0.2, 0) is 11.2 Å². The maximum atomic E-state index is 10.9. The second-order valence-corrected chi connectivity index (χ2v) is 4.07. The Morgan fingerprint density at radius 2 is 1.88 bits per heavy atom. The zero-order valence-electron chi connectivity index (χ0n) is 9.52. The molecule has 0 radical (unpaired) electrons. The van der Waals surface area contributed by atoms with Gasteiger partial charge in [0.15, 0.2) is 0 Å². The Labute approximate surface area is 100 Å². The molecule has 88 valence electrons. The second kappa shape index (κ2) is 5.46. The molecule has 0 aliphatic rings. The number of hydrogen-bond donors (Lipinski definition) is 2. The van der Waals surface area contributed by atoms with Gasteiger partial charge < -0.3 is 0 Å². The average molecular weight is 229 g/mol. The number of aryl methyl sites for hydroxylation is 1. The van der Waals surface area contributed by atoms with E-state index in [1.165, 1.54) is 16.3 Å². The highest BCUT2D eigenvalue weighted by Gasteiger charge is 2.00. The molecule has 0 saturated heterocycles. The number of fused-ring (bicyclic) bond motifs is 1. The number of hydrogen-bond acceptors (Lipinski definition) is 2. The van der Waals surface area contributed by atoms with Gasteiger partial charge in [0.25, 0.3) is 0 Å². The SMILES string of the molecule is O=C(CCCc1ccc2ccccc2c1)NO. The summed E-state index contributed by atoms with van der Waals surface area (Å²) in [4.78, 5) is 10.9. The Kier molecular flexibility index (Phi) is 3.73. The van der Waals surface area contributed by atoms with Crippen LogP contribution in [0.5, 0.6) is 0 Å². The molecule has 0 fully saturated rings. The summed E-state index contributed by atoms with van der Waals surface area (Å²) in [6, 6.07) is 14.5. The molecule has 0 aliphatic heterocycles. The number of amides is 1. The standard InChI is InChI=1S/C14H15NO2/c16-14(15-17)7-3-4-11-8-9-12-5-1-2-6-13(12)10-11/h1-2,5-6,8-10,17H,3-4,7H2,(H,15,16). The van der Waals surface area contributed by atoms with Gasteiger partial charge in [-0.1, -0.05) is 42.5 Å². The maximum absolute atomic E-state index is 10.9. The molecule has 2 aromatic rings. The van der Waals surface area contributed by atoms with Crippen LogP contribution in [0.2, 0.25) is 0 Å². The van der Waals surface area contributed by atoms with Gasteiger partial charge in [-0.2, -0.15) is 0 Å². The summed E-state index contributed by atoms with van der Waals surface area (Å²) in [5.74, 6) is -0.328. The summed E-state index contributed by atoms with van der Waals surface area (Å²) in [6.45, 7) is 0. The fourth-order valence-corrected chi connectivity index (χ4v) is 1.90. The summed E-state index contributed by atoms with van der Waals surface area (Å²) in [6.07, 6.45) is 1.94. The van der Waals surface area contributed by atoms with Gasteiger partial charge in [-0.3, -0.25) is 10.0 Å². The van der Waals surface area contributed by atoms with Gasteiger partial charge in [-0.15, -0.1) is 0 Å². The minimum Gasteiger partial charge on any atom is -0.289 e. The molecule has 0 atom stereocenters. The van der Waals surface area contributed by atoms with Gasteiger partial charge in [-0.05, 0) is 29.2 Å². The summed E-state index contributed by atoms with van der Waals surface area (Å²) in [5.41, 5.74) is 2.86. The van der Waals surface area contributed by atoms with Crippen molar-refractivity contribution in [3.63, 3.8) is 0 Å². The van der Waals surface area contributed by atoms with Crippen LogP contribution >= 0.6 is 0 Å². The van der Waals surface area contributed by atoms with E-state index in [2.05, 4.69) is 30.3 Å². The van der Waals surface area contributed by atoms with E-state index in [4.69, 9.17) is 5.21 Å². The number of rotatable bonds is 4. The maximum Gasteiger partial charge on any atom is 0.243 e. The fraction of sp³-hybridized carbons (Fsp3) is 0.214. The van der Waals surface area contributed by atoms with Crippen molar-refractivity contribution in [2.75, 3.05) is 0 Å². The monoisotopic (exact) mass is 229 g/mol. The Hall–Kier alpha value is -1.87. The van der Waals surface area contributed by atoms with Gasteiger partial charge in [-0.25, -0.2) is 5.48 Å². The van der Waals surface area contributed by atoms with E-state index in [1.54, 1.807) is 5.48 Å². The van der Waals surface area contributed by atoms with Crippen LogP contribution in [0.4, 0.5) is 0 Å². The van der Waals surface area contributed by atoms with E-state index >= 15 is 0 Å². The number of hydroxylamine groups is 1. The number of nitrogens with one attached hydrogen (secondary N) is 1. The van der Waals surface area contributed by atoms with Crippen LogP contribution in [-0.4, -0.2) is 11.1 Å². The lowest BCUT2D eigenvalue weighted by Gasteiger charge is -2.03. The third-order valence-corrected chi connectivity index (χ3v) is 2.81. The van der Waals surface area contributed by atoms with Crippen LogP contribution < -0.4 is 5.48 Å². The molecular weight excluding hydrogens is 214 g/mol. The highest BCUT2D eigenvalue weighted by atomic mass is 16.5. The minimum absolute atomic E-state index is 0.328. The molecule has 0 unspecified atom stereocenters. The normalized spacial score (nSPS) is 10.4. The summed E-state index contributed by atoms with van der Waals surface area (Å²) in [5, 5.41) is 10.8. The Balaban J connectivity index is 2.02. The Bertz CT molecular complexity index is 522. The molecular formula is C14H15NO2. The van der Waals surface area contributed by atoms with Crippen molar-refractivity contribution in [3.05, 3.63) is 48.0 Å². The smallest absolute Gasteiger partial charge is 0.243 e. The molecule has 2 aromatic carbocycles. The van der Waals surface area contributed by atoms with Crippen molar-refractivity contribution in [1.29, 1.82) is 0 Å². The van der Waals surface area contributed by atoms with Crippen LogP contribution in [0, 0.1) is 0 Å². The molecule has 0 spiro atoms. The first-order valence-electron chi connectivity index (χ1n) is 5.70. The average Bonchev–Trinajstić information content (AvgIpc) is 2.38. The van der Waals surface area contributed by atoms with Crippen LogP contribution in [0.25, 0.3) is 10.8 Å². The third-order valence-electron chi connectivity index (χ3n) is 2.81. The molecule has 0 saturated carbocycles. The van der Waals surface area contributed by atoms with Crippen molar-refractivity contribution >= 4 is 16.7 Å².